The van der Waals surface area contributed by atoms with Crippen LogP contribution in [-0.2, 0) is 8.23 Å². The van der Waals surface area contributed by atoms with Crippen LogP contribution in [0.4, 0.5) is 0 Å². The van der Waals surface area contributed by atoms with Crippen LogP contribution < -0.4 is 20.7 Å². The molecule has 7 heteroatoms. The van der Waals surface area contributed by atoms with Crippen molar-refractivity contribution < 1.29 is 8.23 Å². The van der Waals surface area contributed by atoms with Crippen molar-refractivity contribution in [2.24, 2.45) is 0 Å². The summed E-state index contributed by atoms with van der Waals surface area (Å²) in [5.41, 5.74) is 9.64. The lowest BCUT2D eigenvalue weighted by atomic mass is 10.4. The minimum Gasteiger partial charge on any atom is -0.426 e. The molecule has 0 radical (unpaired) electrons. The van der Waals surface area contributed by atoms with Crippen molar-refractivity contribution in [1.82, 2.24) is 0 Å². The maximum atomic E-state index is 7.44. The van der Waals surface area contributed by atoms with Crippen molar-refractivity contribution in [3.05, 3.63) is 144 Å². The molecule has 0 spiro atoms. The lowest BCUT2D eigenvalue weighted by Gasteiger charge is -2.41. The largest absolute Gasteiger partial charge is 0.426 e. The van der Waals surface area contributed by atoms with Crippen molar-refractivity contribution in [1.29, 1.82) is 0 Å². The first-order valence-corrected chi connectivity index (χ1v) is 24.6. The molecule has 0 saturated carbocycles. The Labute approximate surface area is 242 Å². The quantitative estimate of drug-likeness (QED) is 0.232. The van der Waals surface area contributed by atoms with Crippen molar-refractivity contribution in [2.45, 2.75) is 26.2 Å². The van der Waals surface area contributed by atoms with Gasteiger partial charge in [-0.05, 0) is 36.6 Å². The summed E-state index contributed by atoms with van der Waals surface area (Å²) in [5, 5.41) is 5.26. The lowest BCUT2D eigenvalue weighted by molar-refractivity contribution is 0.418. The molecule has 0 aliphatic rings. The number of hydrogen-bond donors (Lipinski definition) is 0. The molecule has 0 atom stereocenters. The number of hydrogen-bond acceptors (Lipinski definition) is 2. The smallest absolute Gasteiger partial charge is 0.386 e. The third kappa shape index (κ3) is 8.68. The highest BCUT2D eigenvalue weighted by molar-refractivity contribution is 7.03. The van der Waals surface area contributed by atoms with Gasteiger partial charge in [0, 0.05) is 0 Å². The molecule has 0 fully saturated rings. The summed E-state index contributed by atoms with van der Waals surface area (Å²) in [5.74, 6) is 0. The maximum absolute atomic E-state index is 7.44. The molecular formula is C32H40O2Si5. The molecule has 0 aliphatic heterocycles. The van der Waals surface area contributed by atoms with Crippen LogP contribution in [0.2, 0.25) is 26.2 Å². The fraction of sp³-hybridized carbons (Fsp3) is 0.125. The van der Waals surface area contributed by atoms with E-state index >= 15 is 0 Å². The van der Waals surface area contributed by atoms with Gasteiger partial charge in [-0.1, -0.05) is 143 Å². The molecular weight excluding hydrogens is 557 g/mol. The second kappa shape index (κ2) is 13.6. The first kappa shape index (κ1) is 29.3. The third-order valence-electron chi connectivity index (χ3n) is 6.55. The highest BCUT2D eigenvalue weighted by atomic mass is 28.5. The van der Waals surface area contributed by atoms with E-state index in [1.165, 1.54) is 20.7 Å². The Balaban J connectivity index is 1.69. The number of benzene rings is 4. The van der Waals surface area contributed by atoms with Gasteiger partial charge in [0.25, 0.3) is 0 Å². The molecule has 0 saturated heterocycles. The van der Waals surface area contributed by atoms with Gasteiger partial charge >= 0.3 is 8.56 Å². The molecule has 0 bridgehead atoms. The van der Waals surface area contributed by atoms with Crippen molar-refractivity contribution in [3.63, 3.8) is 0 Å². The van der Waals surface area contributed by atoms with E-state index in [1.807, 2.05) is 0 Å². The van der Waals surface area contributed by atoms with E-state index in [0.717, 1.165) is 0 Å². The Bertz CT molecular complexity index is 1240. The minimum absolute atomic E-state index is 0.490. The Morgan fingerprint density at radius 2 is 0.769 bits per heavy atom. The minimum atomic E-state index is -3.03. The van der Waals surface area contributed by atoms with E-state index < -0.39 is 44.2 Å². The molecule has 39 heavy (non-hydrogen) atoms. The van der Waals surface area contributed by atoms with Gasteiger partial charge in [0.2, 0.25) is 0 Å². The fourth-order valence-electron chi connectivity index (χ4n) is 4.73. The van der Waals surface area contributed by atoms with Crippen molar-refractivity contribution in [3.8, 4) is 0 Å². The summed E-state index contributed by atoms with van der Waals surface area (Å²) in [6.45, 7) is 9.25. The highest BCUT2D eigenvalue weighted by Gasteiger charge is 2.49. The lowest BCUT2D eigenvalue weighted by Crippen LogP contribution is -2.70. The van der Waals surface area contributed by atoms with Gasteiger partial charge in [-0.15, -0.1) is 11.4 Å². The number of rotatable bonds is 12. The van der Waals surface area contributed by atoms with Crippen LogP contribution in [0.15, 0.2) is 144 Å². The molecule has 200 valence electrons. The van der Waals surface area contributed by atoms with E-state index in [9.17, 15) is 0 Å². The van der Waals surface area contributed by atoms with Gasteiger partial charge in [0.05, 0.1) is 19.0 Å². The molecule has 4 aromatic rings. The van der Waals surface area contributed by atoms with E-state index in [0.29, 0.717) is 0 Å². The van der Waals surface area contributed by atoms with E-state index in [2.05, 4.69) is 170 Å². The third-order valence-corrected chi connectivity index (χ3v) is 21.1. The zero-order valence-corrected chi connectivity index (χ0v) is 29.4. The predicted molar refractivity (Wildman–Crippen MR) is 183 cm³/mol. The van der Waals surface area contributed by atoms with Gasteiger partial charge < -0.3 is 8.23 Å². The second-order valence-electron chi connectivity index (χ2n) is 10.9. The molecule has 4 rings (SSSR count). The zero-order valence-electron chi connectivity index (χ0n) is 23.6. The van der Waals surface area contributed by atoms with E-state index in [-0.39, 0.29) is 0 Å². The SMILES string of the molecule is C[Si](C)(C=C[SiH2]c1ccccc1)O[Si](O[Si](C)(C)C=C[SiH2]c1ccccc1)(c1ccccc1)c1ccccc1. The Morgan fingerprint density at radius 3 is 1.10 bits per heavy atom. The highest BCUT2D eigenvalue weighted by Crippen LogP contribution is 2.23. The summed E-state index contributed by atoms with van der Waals surface area (Å²) in [7, 11) is -8.49. The Kier molecular flexibility index (Phi) is 10.3. The summed E-state index contributed by atoms with van der Waals surface area (Å²) >= 11 is 0. The van der Waals surface area contributed by atoms with Crippen LogP contribution >= 0.6 is 0 Å². The second-order valence-corrected chi connectivity index (χ2v) is 25.4. The molecule has 0 amide bonds. The van der Waals surface area contributed by atoms with Crippen LogP contribution in [0, 0.1) is 0 Å². The monoisotopic (exact) mass is 596 g/mol. The first-order valence-electron chi connectivity index (χ1n) is 13.7. The van der Waals surface area contributed by atoms with Gasteiger partial charge in [0.15, 0.2) is 16.6 Å². The van der Waals surface area contributed by atoms with Gasteiger partial charge in [0.1, 0.15) is 0 Å². The van der Waals surface area contributed by atoms with Gasteiger partial charge in [-0.25, -0.2) is 0 Å². The fourth-order valence-corrected chi connectivity index (χ4v) is 22.3. The summed E-state index contributed by atoms with van der Waals surface area (Å²) in [4.78, 5) is 0. The Morgan fingerprint density at radius 1 is 0.462 bits per heavy atom. The zero-order chi connectivity index (χ0) is 27.6. The van der Waals surface area contributed by atoms with Crippen LogP contribution in [0.1, 0.15) is 0 Å². The van der Waals surface area contributed by atoms with Gasteiger partial charge in [-0.3, -0.25) is 0 Å². The first-order chi connectivity index (χ1) is 18.8. The van der Waals surface area contributed by atoms with Crippen LogP contribution in [0.25, 0.3) is 0 Å². The Hall–Kier alpha value is -2.64. The van der Waals surface area contributed by atoms with Crippen LogP contribution in [0.3, 0.4) is 0 Å². The van der Waals surface area contributed by atoms with Crippen molar-refractivity contribution >= 4 is 65.0 Å². The topological polar surface area (TPSA) is 18.5 Å². The molecule has 0 aromatic heterocycles. The maximum Gasteiger partial charge on any atom is 0.386 e. The molecule has 2 nitrogen and oxygen atoms in total. The van der Waals surface area contributed by atoms with Gasteiger partial charge in [-0.2, -0.15) is 0 Å². The summed E-state index contributed by atoms with van der Waals surface area (Å²) < 4.78 is 14.9. The summed E-state index contributed by atoms with van der Waals surface area (Å²) in [6, 6.07) is 43.1. The molecule has 4 aromatic carbocycles. The van der Waals surface area contributed by atoms with E-state index in [4.69, 9.17) is 8.23 Å². The van der Waals surface area contributed by atoms with Crippen LogP contribution in [-0.4, -0.2) is 44.2 Å². The molecule has 0 heterocycles. The normalized spacial score (nSPS) is 13.4. The van der Waals surface area contributed by atoms with Crippen molar-refractivity contribution in [2.75, 3.05) is 0 Å². The molecule has 0 N–H and O–H groups in total. The predicted octanol–water partition coefficient (Wildman–Crippen LogP) is 3.78. The summed E-state index contributed by atoms with van der Waals surface area (Å²) in [6.07, 6.45) is 0. The average molecular weight is 597 g/mol. The average Bonchev–Trinajstić information content (AvgIpc) is 2.94. The molecule has 0 unspecified atom stereocenters. The van der Waals surface area contributed by atoms with E-state index in [1.54, 1.807) is 0 Å². The molecule has 0 aliphatic carbocycles. The van der Waals surface area contributed by atoms with Crippen LogP contribution in [0.5, 0.6) is 0 Å². The standard InChI is InChI=1S/C32H40O2Si5/c1-37(2,27-25-35-29-17-9-5-10-18-29)33-39(31-21-13-7-14-22-31,32-23-15-8-16-24-32)34-38(3,4)28-26-36-30-19-11-6-12-20-30/h5-28H,35-36H2,1-4H3.